The predicted molar refractivity (Wildman–Crippen MR) is 115 cm³/mol. The van der Waals surface area contributed by atoms with Crippen LogP contribution in [0, 0.1) is 11.3 Å². The van der Waals surface area contributed by atoms with Gasteiger partial charge in [-0.1, -0.05) is 48.3 Å². The van der Waals surface area contributed by atoms with E-state index >= 15 is 0 Å². The van der Waals surface area contributed by atoms with Crippen molar-refractivity contribution in [2.75, 3.05) is 27.2 Å². The smallest absolute Gasteiger partial charge is 0.230 e. The largest absolute Gasteiger partial charge is 0.361 e. The Balaban J connectivity index is 1.57. The van der Waals surface area contributed by atoms with E-state index in [9.17, 15) is 9.59 Å². The van der Waals surface area contributed by atoms with Crippen molar-refractivity contribution in [3.05, 3.63) is 42.2 Å². The number of nitrogens with zero attached hydrogens (tertiary/aromatic N) is 3. The lowest BCUT2D eigenvalue weighted by atomic mass is 9.74. The molecule has 1 saturated carbocycles. The zero-order valence-electron chi connectivity index (χ0n) is 18.0. The van der Waals surface area contributed by atoms with E-state index in [-0.39, 0.29) is 17.7 Å². The fourth-order valence-corrected chi connectivity index (χ4v) is 5.09. The van der Waals surface area contributed by atoms with Crippen molar-refractivity contribution in [3.8, 4) is 11.3 Å². The van der Waals surface area contributed by atoms with Crippen molar-refractivity contribution < 1.29 is 14.1 Å². The van der Waals surface area contributed by atoms with Crippen molar-refractivity contribution in [1.29, 1.82) is 0 Å². The van der Waals surface area contributed by atoms with E-state index in [2.05, 4.69) is 5.16 Å². The highest BCUT2D eigenvalue weighted by molar-refractivity contribution is 5.85. The molecule has 0 N–H and O–H groups in total. The number of hydrogen-bond donors (Lipinski definition) is 0. The molecule has 1 aliphatic heterocycles. The molecule has 2 amide bonds. The van der Waals surface area contributed by atoms with Crippen LogP contribution in [0.2, 0.25) is 0 Å². The highest BCUT2D eigenvalue weighted by Gasteiger charge is 2.46. The number of likely N-dealkylation sites (tertiary alicyclic amines) is 1. The molecule has 6 heteroatoms. The first-order valence-corrected chi connectivity index (χ1v) is 11.0. The quantitative estimate of drug-likeness (QED) is 0.754. The number of rotatable bonds is 5. The summed E-state index contributed by atoms with van der Waals surface area (Å²) in [6.07, 6.45) is 6.26. The van der Waals surface area contributed by atoms with Crippen LogP contribution in [0.5, 0.6) is 0 Å². The Morgan fingerprint density at radius 2 is 1.90 bits per heavy atom. The molecule has 2 heterocycles. The summed E-state index contributed by atoms with van der Waals surface area (Å²) in [4.78, 5) is 30.0. The van der Waals surface area contributed by atoms with Gasteiger partial charge in [-0.3, -0.25) is 9.59 Å². The van der Waals surface area contributed by atoms with Crippen LogP contribution in [0.1, 0.15) is 44.3 Å². The van der Waals surface area contributed by atoms with Gasteiger partial charge in [-0.2, -0.15) is 0 Å². The molecule has 1 aliphatic carbocycles. The van der Waals surface area contributed by atoms with Gasteiger partial charge in [0, 0.05) is 51.2 Å². The molecule has 160 valence electrons. The van der Waals surface area contributed by atoms with Crippen molar-refractivity contribution in [2.24, 2.45) is 11.3 Å². The summed E-state index contributed by atoms with van der Waals surface area (Å²) in [6, 6.07) is 11.8. The summed E-state index contributed by atoms with van der Waals surface area (Å²) in [5.74, 6) is 1.11. The molecule has 1 aromatic heterocycles. The first-order valence-electron chi connectivity index (χ1n) is 11.0. The number of benzene rings is 1. The molecular formula is C24H31N3O3. The van der Waals surface area contributed by atoms with Crippen LogP contribution in [-0.2, 0) is 16.0 Å². The van der Waals surface area contributed by atoms with Crippen molar-refractivity contribution in [2.45, 2.75) is 44.9 Å². The average Bonchev–Trinajstić information content (AvgIpc) is 3.46. The first-order chi connectivity index (χ1) is 14.5. The Morgan fingerprint density at radius 1 is 1.17 bits per heavy atom. The van der Waals surface area contributed by atoms with Crippen LogP contribution < -0.4 is 0 Å². The van der Waals surface area contributed by atoms with Gasteiger partial charge in [-0.05, 0) is 25.7 Å². The third-order valence-electron chi connectivity index (χ3n) is 6.59. The van der Waals surface area contributed by atoms with Gasteiger partial charge in [0.25, 0.3) is 0 Å². The Bertz CT molecular complexity index is 886. The minimum Gasteiger partial charge on any atom is -0.361 e. The molecule has 1 aromatic carbocycles. The predicted octanol–water partition coefficient (Wildman–Crippen LogP) is 3.77. The molecule has 1 atom stereocenters. The second kappa shape index (κ2) is 8.62. The highest BCUT2D eigenvalue weighted by Crippen LogP contribution is 2.38. The molecular weight excluding hydrogens is 378 g/mol. The Kier molecular flexibility index (Phi) is 5.93. The Hall–Kier alpha value is -2.63. The van der Waals surface area contributed by atoms with Gasteiger partial charge in [0.05, 0.1) is 5.41 Å². The third-order valence-corrected chi connectivity index (χ3v) is 6.59. The zero-order chi connectivity index (χ0) is 21.1. The minimum atomic E-state index is -0.663. The maximum Gasteiger partial charge on any atom is 0.230 e. The average molecular weight is 410 g/mol. The zero-order valence-corrected chi connectivity index (χ0v) is 18.0. The SMILES string of the molecule is CN(C)C(=O)C1(Cc2cc(-c3ccccc3)no2)CCCN(C(=O)C2CCCC2)C1. The van der Waals surface area contributed by atoms with E-state index in [1.807, 2.05) is 41.3 Å². The second-order valence-corrected chi connectivity index (χ2v) is 9.05. The lowest BCUT2D eigenvalue weighted by Gasteiger charge is -2.43. The normalized spacial score (nSPS) is 22.3. The van der Waals surface area contributed by atoms with Crippen LogP contribution in [0.3, 0.4) is 0 Å². The summed E-state index contributed by atoms with van der Waals surface area (Å²) in [5.41, 5.74) is 1.10. The van der Waals surface area contributed by atoms with Gasteiger partial charge in [0.2, 0.25) is 11.8 Å². The van der Waals surface area contributed by atoms with Gasteiger partial charge < -0.3 is 14.3 Å². The first kappa shape index (κ1) is 20.6. The number of amides is 2. The minimum absolute atomic E-state index is 0.0593. The van der Waals surface area contributed by atoms with Gasteiger partial charge in [-0.15, -0.1) is 0 Å². The number of carbonyl (C=O) groups excluding carboxylic acids is 2. The van der Waals surface area contributed by atoms with E-state index in [1.54, 1.807) is 19.0 Å². The molecule has 4 rings (SSSR count). The van der Waals surface area contributed by atoms with E-state index in [0.717, 1.165) is 56.3 Å². The fraction of sp³-hybridized carbons (Fsp3) is 0.542. The number of piperidine rings is 1. The van der Waals surface area contributed by atoms with Crippen LogP contribution in [0.4, 0.5) is 0 Å². The third kappa shape index (κ3) is 4.13. The van der Waals surface area contributed by atoms with E-state index in [0.29, 0.717) is 18.7 Å². The molecule has 0 spiro atoms. The summed E-state index contributed by atoms with van der Waals surface area (Å²) in [6.45, 7) is 1.20. The molecule has 2 aliphatic rings. The van der Waals surface area contributed by atoms with E-state index in [1.165, 1.54) is 0 Å². The molecule has 2 aromatic rings. The molecule has 0 radical (unpaired) electrons. The van der Waals surface area contributed by atoms with Crippen LogP contribution in [0.25, 0.3) is 11.3 Å². The topological polar surface area (TPSA) is 66.7 Å². The number of hydrogen-bond acceptors (Lipinski definition) is 4. The summed E-state index contributed by atoms with van der Waals surface area (Å²) >= 11 is 0. The molecule has 1 saturated heterocycles. The lowest BCUT2D eigenvalue weighted by molar-refractivity contribution is -0.149. The van der Waals surface area contributed by atoms with Crippen molar-refractivity contribution in [1.82, 2.24) is 15.0 Å². The molecule has 2 fully saturated rings. The van der Waals surface area contributed by atoms with Gasteiger partial charge >= 0.3 is 0 Å². The molecule has 1 unspecified atom stereocenters. The van der Waals surface area contributed by atoms with Crippen LogP contribution in [-0.4, -0.2) is 54.0 Å². The fourth-order valence-electron chi connectivity index (χ4n) is 5.09. The Morgan fingerprint density at radius 3 is 2.60 bits per heavy atom. The second-order valence-electron chi connectivity index (χ2n) is 9.05. The standard InChI is InChI=1S/C24H31N3O3/c1-26(2)23(29)24(13-8-14-27(17-24)22(28)19-11-6-7-12-19)16-20-15-21(25-30-20)18-9-4-3-5-10-18/h3-5,9-10,15,19H,6-8,11-14,16-17H2,1-2H3. The molecule has 6 nitrogen and oxygen atoms in total. The van der Waals surface area contributed by atoms with E-state index in [4.69, 9.17) is 4.52 Å². The highest BCUT2D eigenvalue weighted by atomic mass is 16.5. The lowest BCUT2D eigenvalue weighted by Crippen LogP contribution is -2.55. The maximum absolute atomic E-state index is 13.3. The van der Waals surface area contributed by atoms with Gasteiger partial charge in [0.15, 0.2) is 0 Å². The monoisotopic (exact) mass is 409 g/mol. The number of aromatic nitrogens is 1. The maximum atomic E-state index is 13.3. The summed E-state index contributed by atoms with van der Waals surface area (Å²) in [7, 11) is 3.58. The van der Waals surface area contributed by atoms with Crippen LogP contribution in [0.15, 0.2) is 40.9 Å². The molecule has 0 bridgehead atoms. The number of carbonyl (C=O) groups is 2. The van der Waals surface area contributed by atoms with Crippen molar-refractivity contribution in [3.63, 3.8) is 0 Å². The molecule has 30 heavy (non-hydrogen) atoms. The Labute approximate surface area is 178 Å². The van der Waals surface area contributed by atoms with Crippen LogP contribution >= 0.6 is 0 Å². The van der Waals surface area contributed by atoms with E-state index < -0.39 is 5.41 Å². The van der Waals surface area contributed by atoms with Gasteiger partial charge in [0.1, 0.15) is 11.5 Å². The van der Waals surface area contributed by atoms with Gasteiger partial charge in [-0.25, -0.2) is 0 Å². The van der Waals surface area contributed by atoms with Crippen molar-refractivity contribution >= 4 is 11.8 Å². The summed E-state index contributed by atoms with van der Waals surface area (Å²) in [5, 5.41) is 4.22. The summed E-state index contributed by atoms with van der Waals surface area (Å²) < 4.78 is 5.65.